The predicted molar refractivity (Wildman–Crippen MR) is 139 cm³/mol. The second-order valence-corrected chi connectivity index (χ2v) is 11.0. The Labute approximate surface area is 216 Å². The Bertz CT molecular complexity index is 1340. The summed E-state index contributed by atoms with van der Waals surface area (Å²) in [6.07, 6.45) is 1.74. The molecule has 0 spiro atoms. The quantitative estimate of drug-likeness (QED) is 0.429. The summed E-state index contributed by atoms with van der Waals surface area (Å²) in [7, 11) is 1.67. The number of likely N-dealkylation sites (tertiary alicyclic amines) is 1. The summed E-state index contributed by atoms with van der Waals surface area (Å²) in [5, 5.41) is 14.1. The van der Waals surface area contributed by atoms with Crippen molar-refractivity contribution in [1.82, 2.24) is 24.7 Å². The number of nitrogens with one attached hydrogen (secondary N) is 2. The van der Waals surface area contributed by atoms with Crippen LogP contribution in [0.15, 0.2) is 23.0 Å². The molecule has 1 aromatic carbocycles. The highest BCUT2D eigenvalue weighted by Crippen LogP contribution is 2.32. The van der Waals surface area contributed by atoms with E-state index in [0.29, 0.717) is 23.9 Å². The van der Waals surface area contributed by atoms with E-state index in [1.807, 2.05) is 12.1 Å². The number of benzene rings is 1. The molecule has 0 saturated carbocycles. The molecule has 3 amide bonds. The number of piperidine rings is 2. The number of fused-ring (bicyclic) bond motifs is 1. The van der Waals surface area contributed by atoms with E-state index in [2.05, 4.69) is 48.1 Å². The summed E-state index contributed by atoms with van der Waals surface area (Å²) in [6, 6.07) is 5.01. The van der Waals surface area contributed by atoms with Gasteiger partial charge in [-0.1, -0.05) is 32.6 Å². The first-order valence-electron chi connectivity index (χ1n) is 12.7. The molecule has 3 heterocycles. The average molecular weight is 510 g/mol. The largest absolute Gasteiger partial charge is 0.465 e. The van der Waals surface area contributed by atoms with Gasteiger partial charge < -0.3 is 10.4 Å². The molecule has 3 atom stereocenters. The number of imide groups is 1. The van der Waals surface area contributed by atoms with E-state index in [0.717, 1.165) is 31.5 Å². The van der Waals surface area contributed by atoms with Crippen molar-refractivity contribution in [2.24, 2.45) is 12.5 Å². The van der Waals surface area contributed by atoms with E-state index < -0.39 is 18.0 Å². The van der Waals surface area contributed by atoms with Crippen LogP contribution in [0, 0.1) is 17.3 Å². The summed E-state index contributed by atoms with van der Waals surface area (Å²) in [5.41, 5.74) is 1.81. The molecule has 0 aliphatic carbocycles. The third-order valence-electron chi connectivity index (χ3n) is 7.41. The molecule has 1 aromatic heterocycles. The highest BCUT2D eigenvalue weighted by molar-refractivity contribution is 6.00. The van der Waals surface area contributed by atoms with Gasteiger partial charge in [0.1, 0.15) is 6.04 Å². The number of hydrogen-bond acceptors (Lipinski definition) is 5. The zero-order chi connectivity index (χ0) is 26.9. The zero-order valence-electron chi connectivity index (χ0n) is 21.8. The minimum atomic E-state index is -0.973. The van der Waals surface area contributed by atoms with Crippen molar-refractivity contribution in [2.45, 2.75) is 71.0 Å². The van der Waals surface area contributed by atoms with Crippen LogP contribution < -0.4 is 16.3 Å². The molecular weight excluding hydrogens is 474 g/mol. The lowest BCUT2D eigenvalue weighted by molar-refractivity contribution is -0.135. The number of rotatable bonds is 4. The molecule has 37 heavy (non-hydrogen) atoms. The molecule has 2 aliphatic heterocycles. The lowest BCUT2D eigenvalue weighted by Gasteiger charge is -2.45. The second-order valence-electron chi connectivity index (χ2n) is 11.0. The Morgan fingerprint density at radius 3 is 2.62 bits per heavy atom. The van der Waals surface area contributed by atoms with E-state index in [-0.39, 0.29) is 35.5 Å². The summed E-state index contributed by atoms with van der Waals surface area (Å²) in [5.74, 6) is 5.68. The van der Waals surface area contributed by atoms with E-state index in [9.17, 15) is 19.2 Å². The number of carbonyl (C=O) groups is 3. The van der Waals surface area contributed by atoms with Crippen LogP contribution in [0.4, 0.5) is 4.79 Å². The number of hydrogen-bond donors (Lipinski definition) is 3. The predicted octanol–water partition coefficient (Wildman–Crippen LogP) is 2.21. The third-order valence-corrected chi connectivity index (χ3v) is 7.41. The normalized spacial score (nSPS) is 22.9. The van der Waals surface area contributed by atoms with Gasteiger partial charge in [0.2, 0.25) is 11.8 Å². The Morgan fingerprint density at radius 1 is 1.19 bits per heavy atom. The Kier molecular flexibility index (Phi) is 7.46. The fourth-order valence-electron chi connectivity index (χ4n) is 5.52. The van der Waals surface area contributed by atoms with Crippen LogP contribution in [-0.2, 0) is 16.6 Å². The van der Waals surface area contributed by atoms with E-state index in [1.54, 1.807) is 13.1 Å². The maximum atomic E-state index is 12.9. The maximum absolute atomic E-state index is 12.9. The second kappa shape index (κ2) is 10.4. The molecule has 2 saturated heterocycles. The first-order chi connectivity index (χ1) is 17.5. The van der Waals surface area contributed by atoms with Gasteiger partial charge in [0.05, 0.1) is 11.0 Å². The SMILES string of the molecule is Cn1c(=O)n(C2CCC(=O)NC2=O)c2ccc(C#CCCN3CCC(NC(=O)O)CC3C(C)(C)C)cc21. The van der Waals surface area contributed by atoms with Crippen LogP contribution in [0.3, 0.4) is 0 Å². The topological polar surface area (TPSA) is 126 Å². The molecule has 10 nitrogen and oxygen atoms in total. The lowest BCUT2D eigenvalue weighted by atomic mass is 9.79. The van der Waals surface area contributed by atoms with Crippen LogP contribution >= 0.6 is 0 Å². The molecule has 0 bridgehead atoms. The highest BCUT2D eigenvalue weighted by atomic mass is 16.4. The number of imidazole rings is 1. The van der Waals surface area contributed by atoms with Gasteiger partial charge in [0, 0.05) is 50.6 Å². The first-order valence-corrected chi connectivity index (χ1v) is 12.7. The van der Waals surface area contributed by atoms with Crippen LogP contribution in [0.2, 0.25) is 0 Å². The Balaban J connectivity index is 1.47. The molecule has 10 heteroatoms. The van der Waals surface area contributed by atoms with Crippen molar-refractivity contribution in [1.29, 1.82) is 0 Å². The number of carbonyl (C=O) groups excluding carboxylic acids is 2. The first kappa shape index (κ1) is 26.5. The molecule has 2 fully saturated rings. The Morgan fingerprint density at radius 2 is 1.95 bits per heavy atom. The fourth-order valence-corrected chi connectivity index (χ4v) is 5.52. The number of aromatic nitrogens is 2. The molecule has 4 rings (SSSR count). The van der Waals surface area contributed by atoms with Gasteiger partial charge in [-0.25, -0.2) is 9.59 Å². The van der Waals surface area contributed by atoms with Crippen molar-refractivity contribution in [3.63, 3.8) is 0 Å². The molecule has 3 unspecified atom stereocenters. The van der Waals surface area contributed by atoms with Gasteiger partial charge in [-0.05, 0) is 42.9 Å². The van der Waals surface area contributed by atoms with Crippen LogP contribution in [0.5, 0.6) is 0 Å². The fraction of sp³-hybridized carbons (Fsp3) is 0.556. The van der Waals surface area contributed by atoms with Gasteiger partial charge in [0.15, 0.2) is 0 Å². The van der Waals surface area contributed by atoms with Gasteiger partial charge in [0.25, 0.3) is 0 Å². The van der Waals surface area contributed by atoms with Crippen molar-refractivity contribution in [2.75, 3.05) is 13.1 Å². The monoisotopic (exact) mass is 509 g/mol. The third kappa shape index (κ3) is 5.72. The molecular formula is C27H35N5O5. The van der Waals surface area contributed by atoms with Crippen LogP contribution in [0.25, 0.3) is 11.0 Å². The van der Waals surface area contributed by atoms with Gasteiger partial charge >= 0.3 is 11.8 Å². The molecule has 198 valence electrons. The summed E-state index contributed by atoms with van der Waals surface area (Å²) in [6.45, 7) is 8.15. The number of carboxylic acid groups (broad SMARTS) is 1. The summed E-state index contributed by atoms with van der Waals surface area (Å²) in [4.78, 5) is 50.3. The van der Waals surface area contributed by atoms with E-state index in [1.165, 1.54) is 9.13 Å². The molecule has 2 aliphatic rings. The highest BCUT2D eigenvalue weighted by Gasteiger charge is 2.36. The molecule has 3 N–H and O–H groups in total. The average Bonchev–Trinajstić information content (AvgIpc) is 3.06. The Hall–Kier alpha value is -3.58. The summed E-state index contributed by atoms with van der Waals surface area (Å²) < 4.78 is 2.97. The van der Waals surface area contributed by atoms with Crippen molar-refractivity contribution in [3.8, 4) is 11.8 Å². The van der Waals surface area contributed by atoms with Crippen molar-refractivity contribution < 1.29 is 19.5 Å². The van der Waals surface area contributed by atoms with Gasteiger partial charge in [-0.2, -0.15) is 0 Å². The van der Waals surface area contributed by atoms with E-state index >= 15 is 0 Å². The van der Waals surface area contributed by atoms with Crippen LogP contribution in [0.1, 0.15) is 64.5 Å². The molecule has 0 radical (unpaired) electrons. The molecule has 2 aromatic rings. The number of aryl methyl sites for hydroxylation is 1. The lowest BCUT2D eigenvalue weighted by Crippen LogP contribution is -2.54. The van der Waals surface area contributed by atoms with Crippen molar-refractivity contribution in [3.05, 3.63) is 34.2 Å². The van der Waals surface area contributed by atoms with E-state index in [4.69, 9.17) is 5.11 Å². The summed E-state index contributed by atoms with van der Waals surface area (Å²) >= 11 is 0. The zero-order valence-corrected chi connectivity index (χ0v) is 21.8. The maximum Gasteiger partial charge on any atom is 0.404 e. The standard InChI is InChI=1S/C27H35N5O5/c1-27(2,3)22-16-18(28-25(35)36)12-14-31(22)13-6-5-7-17-8-9-19-21(15-17)30(4)26(37)32(19)20-10-11-23(33)29-24(20)34/h8-9,15,18,20,22,28H,6,10-14,16H2,1-4H3,(H,35,36)(H,29,33,34). The van der Waals surface area contributed by atoms with Crippen molar-refractivity contribution >= 4 is 28.9 Å². The number of amides is 3. The smallest absolute Gasteiger partial charge is 0.404 e. The minimum absolute atomic E-state index is 0.0117. The van der Waals surface area contributed by atoms with Gasteiger partial charge in [-0.3, -0.25) is 28.9 Å². The van der Waals surface area contributed by atoms with Crippen LogP contribution in [-0.4, -0.2) is 62.2 Å². The van der Waals surface area contributed by atoms with Gasteiger partial charge in [-0.15, -0.1) is 0 Å². The minimum Gasteiger partial charge on any atom is -0.465 e. The number of nitrogens with zero attached hydrogens (tertiary/aromatic N) is 3.